The zero-order chi connectivity index (χ0) is 12.4. The smallest absolute Gasteiger partial charge is 0.0703 e. The van der Waals surface area contributed by atoms with Gasteiger partial charge < -0.3 is 10.6 Å². The summed E-state index contributed by atoms with van der Waals surface area (Å²) in [5, 5.41) is 8.19. The average Bonchev–Trinajstić information content (AvgIpc) is 2.39. The molecule has 0 spiro atoms. The molecule has 3 nitrogen and oxygen atoms in total. The van der Waals surface area contributed by atoms with Crippen molar-refractivity contribution in [3.63, 3.8) is 0 Å². The van der Waals surface area contributed by atoms with Crippen LogP contribution in [0, 0.1) is 6.92 Å². The summed E-state index contributed by atoms with van der Waals surface area (Å²) >= 11 is 0. The topological polar surface area (TPSA) is 37.0 Å². The van der Waals surface area contributed by atoms with Crippen molar-refractivity contribution in [3.05, 3.63) is 36.0 Å². The highest BCUT2D eigenvalue weighted by atomic mass is 35.5. The van der Waals surface area contributed by atoms with Crippen LogP contribution in [0.5, 0.6) is 0 Å². The van der Waals surface area contributed by atoms with Gasteiger partial charge in [-0.15, -0.1) is 12.4 Å². The van der Waals surface area contributed by atoms with Crippen LogP contribution in [-0.2, 0) is 0 Å². The van der Waals surface area contributed by atoms with Gasteiger partial charge in [-0.25, -0.2) is 0 Å². The lowest BCUT2D eigenvalue weighted by atomic mass is 10.1. The number of fused-ring (bicyclic) bond motifs is 1. The van der Waals surface area contributed by atoms with E-state index in [1.807, 2.05) is 6.20 Å². The minimum atomic E-state index is 0. The highest BCUT2D eigenvalue weighted by molar-refractivity contribution is 5.85. The van der Waals surface area contributed by atoms with Gasteiger partial charge in [-0.05, 0) is 51.1 Å². The van der Waals surface area contributed by atoms with Crippen molar-refractivity contribution < 1.29 is 0 Å². The van der Waals surface area contributed by atoms with Crippen molar-refractivity contribution in [2.75, 3.05) is 18.4 Å². The van der Waals surface area contributed by atoms with Crippen molar-refractivity contribution in [2.45, 2.75) is 25.8 Å². The number of aryl methyl sites for hydroxylation is 1. The maximum atomic E-state index is 4.51. The molecule has 0 radical (unpaired) electrons. The molecule has 0 aliphatic carbocycles. The van der Waals surface area contributed by atoms with Gasteiger partial charge >= 0.3 is 0 Å². The molecule has 1 aromatic heterocycles. The molecule has 0 saturated carbocycles. The Hall–Kier alpha value is -1.32. The lowest BCUT2D eigenvalue weighted by molar-refractivity contribution is 0.479. The number of anilines is 1. The van der Waals surface area contributed by atoms with Gasteiger partial charge in [0, 0.05) is 11.4 Å². The average molecular weight is 278 g/mol. The van der Waals surface area contributed by atoms with Crippen LogP contribution in [0.15, 0.2) is 30.5 Å². The second kappa shape index (κ2) is 6.22. The number of hydrogen-bond donors (Lipinski definition) is 2. The summed E-state index contributed by atoms with van der Waals surface area (Å²) in [6.45, 7) is 4.34. The van der Waals surface area contributed by atoms with E-state index in [4.69, 9.17) is 0 Å². The summed E-state index contributed by atoms with van der Waals surface area (Å²) in [6, 6.07) is 9.16. The molecule has 1 aliphatic rings. The zero-order valence-electron chi connectivity index (χ0n) is 11.1. The van der Waals surface area contributed by atoms with E-state index < -0.39 is 0 Å². The predicted molar refractivity (Wildman–Crippen MR) is 83.2 cm³/mol. The van der Waals surface area contributed by atoms with Gasteiger partial charge in [0.1, 0.15) is 0 Å². The Kier molecular flexibility index (Phi) is 4.61. The molecule has 1 fully saturated rings. The predicted octanol–water partition coefficient (Wildman–Crippen LogP) is 3.13. The summed E-state index contributed by atoms with van der Waals surface area (Å²) in [6.07, 6.45) is 4.32. The molecular formula is C15H20ClN3. The quantitative estimate of drug-likeness (QED) is 0.886. The largest absolute Gasteiger partial charge is 0.381 e. The maximum Gasteiger partial charge on any atom is 0.0703 e. The Bertz CT molecular complexity index is 550. The number of halogens is 1. The fourth-order valence-electron chi connectivity index (χ4n) is 2.53. The first-order valence-electron chi connectivity index (χ1n) is 6.65. The molecule has 2 N–H and O–H groups in total. The first kappa shape index (κ1) is 14.1. The molecule has 0 atom stereocenters. The van der Waals surface area contributed by atoms with Crippen molar-refractivity contribution in [1.29, 1.82) is 0 Å². The van der Waals surface area contributed by atoms with Gasteiger partial charge in [-0.1, -0.05) is 11.6 Å². The summed E-state index contributed by atoms with van der Waals surface area (Å²) in [5.41, 5.74) is 3.49. The standard InChI is InChI=1S/C15H19N3.ClH/c1-11-2-3-15-12(8-11)9-14(10-17-15)18-13-4-6-16-7-5-13;/h2-3,8-10,13,16,18H,4-7H2,1H3;1H. The first-order chi connectivity index (χ1) is 8.81. The Balaban J connectivity index is 0.00000133. The number of nitrogens with zero attached hydrogens (tertiary/aromatic N) is 1. The lowest BCUT2D eigenvalue weighted by Crippen LogP contribution is -2.35. The van der Waals surface area contributed by atoms with Crippen LogP contribution >= 0.6 is 12.4 Å². The van der Waals surface area contributed by atoms with E-state index in [1.54, 1.807) is 0 Å². The molecular weight excluding hydrogens is 258 g/mol. The fourth-order valence-corrected chi connectivity index (χ4v) is 2.53. The van der Waals surface area contributed by atoms with E-state index in [2.05, 4.69) is 46.8 Å². The second-order valence-corrected chi connectivity index (χ2v) is 5.09. The van der Waals surface area contributed by atoms with Crippen LogP contribution in [-0.4, -0.2) is 24.1 Å². The highest BCUT2D eigenvalue weighted by Gasteiger charge is 2.12. The monoisotopic (exact) mass is 277 g/mol. The van der Waals surface area contributed by atoms with Gasteiger partial charge in [0.05, 0.1) is 17.4 Å². The van der Waals surface area contributed by atoms with Crippen molar-refractivity contribution in [1.82, 2.24) is 10.3 Å². The van der Waals surface area contributed by atoms with Crippen LogP contribution in [0.4, 0.5) is 5.69 Å². The van der Waals surface area contributed by atoms with E-state index in [0.717, 1.165) is 24.3 Å². The molecule has 2 aromatic rings. The molecule has 1 aliphatic heterocycles. The van der Waals surface area contributed by atoms with Gasteiger partial charge in [0.2, 0.25) is 0 Å². The molecule has 0 unspecified atom stereocenters. The number of benzene rings is 1. The third kappa shape index (κ3) is 3.37. The minimum absolute atomic E-state index is 0. The van der Waals surface area contributed by atoms with Crippen molar-refractivity contribution in [2.24, 2.45) is 0 Å². The summed E-state index contributed by atoms with van der Waals surface area (Å²) in [4.78, 5) is 4.51. The van der Waals surface area contributed by atoms with Crippen LogP contribution < -0.4 is 10.6 Å². The van der Waals surface area contributed by atoms with Gasteiger partial charge in [0.25, 0.3) is 0 Å². The van der Waals surface area contributed by atoms with E-state index >= 15 is 0 Å². The molecule has 1 aromatic carbocycles. The molecule has 19 heavy (non-hydrogen) atoms. The van der Waals surface area contributed by atoms with E-state index in [9.17, 15) is 0 Å². The molecule has 4 heteroatoms. The van der Waals surface area contributed by atoms with Crippen molar-refractivity contribution in [3.8, 4) is 0 Å². The van der Waals surface area contributed by atoms with Crippen LogP contribution in [0.2, 0.25) is 0 Å². The Morgan fingerprint density at radius 3 is 2.79 bits per heavy atom. The molecule has 0 amide bonds. The normalized spacial score (nSPS) is 16.1. The van der Waals surface area contributed by atoms with Gasteiger partial charge in [-0.2, -0.15) is 0 Å². The summed E-state index contributed by atoms with van der Waals surface area (Å²) in [7, 11) is 0. The Morgan fingerprint density at radius 2 is 2.00 bits per heavy atom. The zero-order valence-corrected chi connectivity index (χ0v) is 12.0. The summed E-state index contributed by atoms with van der Waals surface area (Å²) in [5.74, 6) is 0. The van der Waals surface area contributed by atoms with Crippen LogP contribution in [0.1, 0.15) is 18.4 Å². The van der Waals surface area contributed by atoms with Crippen molar-refractivity contribution >= 4 is 29.0 Å². The molecule has 102 valence electrons. The maximum absolute atomic E-state index is 4.51. The second-order valence-electron chi connectivity index (χ2n) is 5.09. The van der Waals surface area contributed by atoms with Crippen LogP contribution in [0.25, 0.3) is 10.9 Å². The molecule has 1 saturated heterocycles. The van der Waals surface area contributed by atoms with Gasteiger partial charge in [0.15, 0.2) is 0 Å². The first-order valence-corrected chi connectivity index (χ1v) is 6.65. The van der Waals surface area contributed by atoms with E-state index in [-0.39, 0.29) is 12.4 Å². The molecule has 3 rings (SSSR count). The number of pyridine rings is 1. The number of piperidine rings is 1. The summed E-state index contributed by atoms with van der Waals surface area (Å²) < 4.78 is 0. The fraction of sp³-hybridized carbons (Fsp3) is 0.400. The Labute approximate surface area is 120 Å². The van der Waals surface area contributed by atoms with Gasteiger partial charge in [-0.3, -0.25) is 4.98 Å². The number of aromatic nitrogens is 1. The number of hydrogen-bond acceptors (Lipinski definition) is 3. The highest BCUT2D eigenvalue weighted by Crippen LogP contribution is 2.19. The number of rotatable bonds is 2. The Morgan fingerprint density at radius 1 is 1.21 bits per heavy atom. The molecule has 0 bridgehead atoms. The van der Waals surface area contributed by atoms with E-state index in [0.29, 0.717) is 6.04 Å². The third-order valence-corrected chi connectivity index (χ3v) is 3.55. The van der Waals surface area contributed by atoms with E-state index in [1.165, 1.54) is 23.8 Å². The SMILES string of the molecule is Cc1ccc2ncc(NC3CCNCC3)cc2c1.Cl. The van der Waals surface area contributed by atoms with Crippen LogP contribution in [0.3, 0.4) is 0 Å². The minimum Gasteiger partial charge on any atom is -0.381 e. The lowest BCUT2D eigenvalue weighted by Gasteiger charge is -2.24. The number of nitrogens with one attached hydrogen (secondary N) is 2. The molecule has 2 heterocycles. The third-order valence-electron chi connectivity index (χ3n) is 3.55.